The standard InChI is InChI=1S/C16H27NO3/c18-15(17-9-3-1-2-4-10-17)13-14-5-7-16(8-6-14)19-11-12-20-16/h14H,1-13H2. The third-order valence-corrected chi connectivity index (χ3v) is 5.10. The van der Waals surface area contributed by atoms with Crippen LogP contribution >= 0.6 is 0 Å². The fourth-order valence-electron chi connectivity index (χ4n) is 3.80. The van der Waals surface area contributed by atoms with E-state index in [1.807, 2.05) is 0 Å². The van der Waals surface area contributed by atoms with Gasteiger partial charge in [0, 0.05) is 32.4 Å². The van der Waals surface area contributed by atoms with Crippen LogP contribution < -0.4 is 0 Å². The maximum Gasteiger partial charge on any atom is 0.222 e. The van der Waals surface area contributed by atoms with Crippen molar-refractivity contribution < 1.29 is 14.3 Å². The summed E-state index contributed by atoms with van der Waals surface area (Å²) in [6.45, 7) is 3.41. The van der Waals surface area contributed by atoms with Crippen LogP contribution in [0, 0.1) is 5.92 Å². The number of hydrogen-bond donors (Lipinski definition) is 0. The number of carbonyl (C=O) groups excluding carboxylic acids is 1. The zero-order chi connectivity index (χ0) is 13.8. The third kappa shape index (κ3) is 3.34. The van der Waals surface area contributed by atoms with Gasteiger partial charge in [-0.15, -0.1) is 0 Å². The average Bonchev–Trinajstić information content (AvgIpc) is 2.75. The van der Waals surface area contributed by atoms with Gasteiger partial charge >= 0.3 is 0 Å². The van der Waals surface area contributed by atoms with Gasteiger partial charge in [-0.2, -0.15) is 0 Å². The van der Waals surface area contributed by atoms with Gasteiger partial charge in [0.2, 0.25) is 5.91 Å². The molecule has 0 aromatic carbocycles. The van der Waals surface area contributed by atoms with Crippen LogP contribution in [0.15, 0.2) is 0 Å². The molecule has 3 fully saturated rings. The third-order valence-electron chi connectivity index (χ3n) is 5.10. The Balaban J connectivity index is 1.45. The second-order valence-electron chi connectivity index (χ2n) is 6.55. The number of nitrogens with zero attached hydrogens (tertiary/aromatic N) is 1. The van der Waals surface area contributed by atoms with Crippen LogP contribution in [-0.2, 0) is 14.3 Å². The molecule has 0 unspecified atom stereocenters. The predicted octanol–water partition coefficient (Wildman–Crippen LogP) is 2.71. The molecule has 1 spiro atoms. The number of amides is 1. The van der Waals surface area contributed by atoms with E-state index >= 15 is 0 Å². The molecule has 0 N–H and O–H groups in total. The van der Waals surface area contributed by atoms with E-state index in [2.05, 4.69) is 4.90 Å². The molecule has 1 aliphatic carbocycles. The van der Waals surface area contributed by atoms with Crippen molar-refractivity contribution in [1.29, 1.82) is 0 Å². The van der Waals surface area contributed by atoms with E-state index in [-0.39, 0.29) is 5.79 Å². The van der Waals surface area contributed by atoms with Crippen LogP contribution in [-0.4, -0.2) is 42.9 Å². The van der Waals surface area contributed by atoms with Crippen molar-refractivity contribution in [3.05, 3.63) is 0 Å². The summed E-state index contributed by atoms with van der Waals surface area (Å²) in [6.07, 6.45) is 9.72. The van der Waals surface area contributed by atoms with E-state index in [1.165, 1.54) is 25.7 Å². The minimum absolute atomic E-state index is 0.290. The molecule has 3 aliphatic rings. The molecule has 1 saturated carbocycles. The van der Waals surface area contributed by atoms with Crippen molar-refractivity contribution in [1.82, 2.24) is 4.90 Å². The van der Waals surface area contributed by atoms with E-state index in [0.717, 1.165) is 58.4 Å². The highest BCUT2D eigenvalue weighted by atomic mass is 16.7. The Bertz CT molecular complexity index is 321. The first-order valence-electron chi connectivity index (χ1n) is 8.33. The molecule has 114 valence electrons. The molecule has 2 aliphatic heterocycles. The molecule has 0 radical (unpaired) electrons. The SMILES string of the molecule is O=C(CC1CCC2(CC1)OCCO2)N1CCCCCC1. The van der Waals surface area contributed by atoms with Crippen molar-refractivity contribution in [3.63, 3.8) is 0 Å². The fourth-order valence-corrected chi connectivity index (χ4v) is 3.80. The summed E-state index contributed by atoms with van der Waals surface area (Å²) in [5.74, 6) is 0.618. The Labute approximate surface area is 121 Å². The zero-order valence-electron chi connectivity index (χ0n) is 12.4. The first kappa shape index (κ1) is 14.3. The lowest BCUT2D eigenvalue weighted by molar-refractivity contribution is -0.183. The summed E-state index contributed by atoms with van der Waals surface area (Å²) in [4.78, 5) is 14.5. The van der Waals surface area contributed by atoms with Gasteiger partial charge in [0.1, 0.15) is 0 Å². The van der Waals surface area contributed by atoms with E-state index in [9.17, 15) is 4.79 Å². The van der Waals surface area contributed by atoms with Crippen LogP contribution in [0.5, 0.6) is 0 Å². The molecule has 3 rings (SSSR count). The van der Waals surface area contributed by atoms with Crippen molar-refractivity contribution in [2.45, 2.75) is 63.6 Å². The summed E-state index contributed by atoms with van der Waals surface area (Å²) in [7, 11) is 0. The maximum atomic E-state index is 12.4. The highest BCUT2D eigenvalue weighted by Gasteiger charge is 2.40. The van der Waals surface area contributed by atoms with E-state index in [0.29, 0.717) is 11.8 Å². The summed E-state index contributed by atoms with van der Waals surface area (Å²) >= 11 is 0. The highest BCUT2D eigenvalue weighted by molar-refractivity contribution is 5.76. The van der Waals surface area contributed by atoms with Gasteiger partial charge < -0.3 is 14.4 Å². The number of rotatable bonds is 2. The molecular weight excluding hydrogens is 254 g/mol. The summed E-state index contributed by atoms with van der Waals surface area (Å²) in [5.41, 5.74) is 0. The number of ether oxygens (including phenoxy) is 2. The van der Waals surface area contributed by atoms with E-state index < -0.39 is 0 Å². The fraction of sp³-hybridized carbons (Fsp3) is 0.938. The van der Waals surface area contributed by atoms with Crippen LogP contribution in [0.4, 0.5) is 0 Å². The molecule has 20 heavy (non-hydrogen) atoms. The van der Waals surface area contributed by atoms with Gasteiger partial charge in [0.15, 0.2) is 5.79 Å². The maximum absolute atomic E-state index is 12.4. The van der Waals surface area contributed by atoms with Crippen LogP contribution in [0.25, 0.3) is 0 Å². The monoisotopic (exact) mass is 281 g/mol. The van der Waals surface area contributed by atoms with Gasteiger partial charge in [0.25, 0.3) is 0 Å². The largest absolute Gasteiger partial charge is 0.348 e. The molecule has 4 heteroatoms. The molecule has 0 bridgehead atoms. The molecule has 0 aromatic heterocycles. The molecule has 1 amide bonds. The van der Waals surface area contributed by atoms with E-state index in [1.54, 1.807) is 0 Å². The molecule has 0 atom stereocenters. The van der Waals surface area contributed by atoms with Crippen molar-refractivity contribution >= 4 is 5.91 Å². The van der Waals surface area contributed by atoms with Gasteiger partial charge in [-0.1, -0.05) is 12.8 Å². The first-order valence-corrected chi connectivity index (χ1v) is 8.33. The Kier molecular flexibility index (Phi) is 4.61. The number of likely N-dealkylation sites (tertiary alicyclic amines) is 1. The van der Waals surface area contributed by atoms with Crippen LogP contribution in [0.2, 0.25) is 0 Å². The smallest absolute Gasteiger partial charge is 0.222 e. The van der Waals surface area contributed by atoms with Crippen LogP contribution in [0.3, 0.4) is 0 Å². The second kappa shape index (κ2) is 6.44. The summed E-state index contributed by atoms with van der Waals surface area (Å²) in [5, 5.41) is 0. The van der Waals surface area contributed by atoms with Crippen LogP contribution in [0.1, 0.15) is 57.8 Å². The first-order chi connectivity index (χ1) is 9.77. The van der Waals surface area contributed by atoms with Crippen molar-refractivity contribution in [2.75, 3.05) is 26.3 Å². The minimum Gasteiger partial charge on any atom is -0.348 e. The zero-order valence-corrected chi connectivity index (χ0v) is 12.4. The summed E-state index contributed by atoms with van der Waals surface area (Å²) in [6, 6.07) is 0. The quantitative estimate of drug-likeness (QED) is 0.781. The molecule has 0 aromatic rings. The Morgan fingerprint density at radius 1 is 1.00 bits per heavy atom. The lowest BCUT2D eigenvalue weighted by Gasteiger charge is -2.35. The predicted molar refractivity (Wildman–Crippen MR) is 76.3 cm³/mol. The second-order valence-corrected chi connectivity index (χ2v) is 6.55. The topological polar surface area (TPSA) is 38.8 Å². The Morgan fingerprint density at radius 2 is 1.60 bits per heavy atom. The lowest BCUT2D eigenvalue weighted by Crippen LogP contribution is -2.38. The average molecular weight is 281 g/mol. The molecular formula is C16H27NO3. The Morgan fingerprint density at radius 3 is 2.20 bits per heavy atom. The molecule has 4 nitrogen and oxygen atoms in total. The minimum atomic E-state index is -0.290. The molecule has 2 heterocycles. The Hall–Kier alpha value is -0.610. The number of carbonyl (C=O) groups is 1. The van der Waals surface area contributed by atoms with Crippen molar-refractivity contribution in [2.24, 2.45) is 5.92 Å². The van der Waals surface area contributed by atoms with Gasteiger partial charge in [-0.3, -0.25) is 4.79 Å². The van der Waals surface area contributed by atoms with Gasteiger partial charge in [-0.25, -0.2) is 0 Å². The normalized spacial score (nSPS) is 27.7. The number of hydrogen-bond acceptors (Lipinski definition) is 3. The van der Waals surface area contributed by atoms with Crippen molar-refractivity contribution in [3.8, 4) is 0 Å². The van der Waals surface area contributed by atoms with Gasteiger partial charge in [-0.05, 0) is 31.6 Å². The van der Waals surface area contributed by atoms with E-state index in [4.69, 9.17) is 9.47 Å². The molecule has 2 saturated heterocycles. The van der Waals surface area contributed by atoms with Gasteiger partial charge in [0.05, 0.1) is 13.2 Å². The lowest BCUT2D eigenvalue weighted by atomic mass is 9.83. The summed E-state index contributed by atoms with van der Waals surface area (Å²) < 4.78 is 11.5. The highest BCUT2D eigenvalue weighted by Crippen LogP contribution is 2.39.